The number of aromatic nitrogens is 2. The van der Waals surface area contributed by atoms with Gasteiger partial charge >= 0.3 is 5.69 Å². The molecule has 1 amide bonds. The number of carbonyl (C=O) groups excluding carboxylic acids is 2. The Kier molecular flexibility index (Phi) is 8.59. The number of ketones is 1. The average Bonchev–Trinajstić information content (AvgIpc) is 2.66. The quantitative estimate of drug-likeness (QED) is 0.446. The summed E-state index contributed by atoms with van der Waals surface area (Å²) in [5.74, 6) is -0.270. The zero-order valence-corrected chi connectivity index (χ0v) is 17.2. The molecule has 10 nitrogen and oxygen atoms in total. The fourth-order valence-electron chi connectivity index (χ4n) is 3.58. The predicted molar refractivity (Wildman–Crippen MR) is 109 cm³/mol. The van der Waals surface area contributed by atoms with Crippen molar-refractivity contribution in [2.24, 2.45) is 5.92 Å². The smallest absolute Gasteiger partial charge is 0.330 e. The first-order chi connectivity index (χ1) is 13.9. The number of hydrogen-bond donors (Lipinski definition) is 3. The third-order valence-electron chi connectivity index (χ3n) is 5.07. The largest absolute Gasteiger partial charge is 0.384 e. The van der Waals surface area contributed by atoms with Crippen LogP contribution in [0.2, 0.25) is 0 Å². The van der Waals surface area contributed by atoms with Gasteiger partial charge < -0.3 is 15.8 Å². The number of H-pyrrole nitrogens is 1. The van der Waals surface area contributed by atoms with E-state index in [4.69, 9.17) is 10.5 Å². The molecule has 1 aromatic heterocycles. The molecule has 1 aliphatic rings. The van der Waals surface area contributed by atoms with Crippen LogP contribution < -0.4 is 22.3 Å². The minimum Gasteiger partial charge on any atom is -0.384 e. The van der Waals surface area contributed by atoms with Crippen LogP contribution in [0.3, 0.4) is 0 Å². The number of likely N-dealkylation sites (tertiary alicyclic amines) is 1. The lowest BCUT2D eigenvalue weighted by Crippen LogP contribution is -2.44. The number of ether oxygens (including phenoxy) is 1. The van der Waals surface area contributed by atoms with Crippen LogP contribution in [0.5, 0.6) is 0 Å². The Balaban J connectivity index is 2.05. The molecule has 0 spiro atoms. The van der Waals surface area contributed by atoms with E-state index < -0.39 is 17.0 Å². The van der Waals surface area contributed by atoms with E-state index in [-0.39, 0.29) is 42.9 Å². The van der Waals surface area contributed by atoms with E-state index in [2.05, 4.69) is 10.3 Å². The number of anilines is 1. The Morgan fingerprint density at radius 2 is 2.10 bits per heavy atom. The number of carbonyl (C=O) groups is 2. The molecule has 1 aliphatic heterocycles. The Morgan fingerprint density at radius 1 is 1.34 bits per heavy atom. The van der Waals surface area contributed by atoms with Crippen molar-refractivity contribution in [2.75, 3.05) is 45.6 Å². The van der Waals surface area contributed by atoms with Gasteiger partial charge in [0.15, 0.2) is 5.78 Å². The highest BCUT2D eigenvalue weighted by atomic mass is 16.5. The van der Waals surface area contributed by atoms with Crippen molar-refractivity contribution in [3.63, 3.8) is 0 Å². The molecule has 1 fully saturated rings. The summed E-state index contributed by atoms with van der Waals surface area (Å²) in [6, 6.07) is 0. The summed E-state index contributed by atoms with van der Waals surface area (Å²) in [6.07, 6.45) is 3.19. The Morgan fingerprint density at radius 3 is 2.79 bits per heavy atom. The van der Waals surface area contributed by atoms with Gasteiger partial charge in [0.2, 0.25) is 5.91 Å². The molecular weight excluding hydrogens is 378 g/mol. The van der Waals surface area contributed by atoms with E-state index in [1.165, 1.54) is 7.11 Å². The number of nitrogens with one attached hydrogen (secondary N) is 2. The van der Waals surface area contributed by atoms with Crippen LogP contribution in [0.25, 0.3) is 0 Å². The summed E-state index contributed by atoms with van der Waals surface area (Å²) < 4.78 is 6.08. The van der Waals surface area contributed by atoms with Gasteiger partial charge in [-0.25, -0.2) is 4.79 Å². The molecule has 0 aliphatic carbocycles. The summed E-state index contributed by atoms with van der Waals surface area (Å²) in [5.41, 5.74) is 4.34. The molecule has 0 aromatic carbocycles. The summed E-state index contributed by atoms with van der Waals surface area (Å²) in [4.78, 5) is 52.8. The van der Waals surface area contributed by atoms with Gasteiger partial charge in [-0.2, -0.15) is 0 Å². The van der Waals surface area contributed by atoms with Gasteiger partial charge in [0.1, 0.15) is 11.4 Å². The minimum absolute atomic E-state index is 0.0369. The number of piperidine rings is 1. The van der Waals surface area contributed by atoms with E-state index in [1.54, 1.807) is 0 Å². The maximum absolute atomic E-state index is 12.8. The molecule has 0 saturated carbocycles. The van der Waals surface area contributed by atoms with Crippen molar-refractivity contribution in [2.45, 2.75) is 39.2 Å². The van der Waals surface area contributed by atoms with E-state index in [0.717, 1.165) is 30.4 Å². The van der Waals surface area contributed by atoms with Crippen molar-refractivity contribution < 1.29 is 14.3 Å². The molecule has 1 aromatic rings. The number of nitrogens with two attached hydrogens (primary N) is 1. The molecule has 10 heteroatoms. The molecule has 4 N–H and O–H groups in total. The molecule has 2 heterocycles. The van der Waals surface area contributed by atoms with Gasteiger partial charge in [0.25, 0.3) is 5.56 Å². The molecule has 0 radical (unpaired) electrons. The van der Waals surface area contributed by atoms with E-state index in [0.29, 0.717) is 19.5 Å². The fraction of sp³-hybridized carbons (Fsp3) is 0.684. The molecule has 1 atom stereocenters. The third-order valence-corrected chi connectivity index (χ3v) is 5.07. The number of nitrogen functional groups attached to an aromatic ring is 1. The maximum Gasteiger partial charge on any atom is 0.330 e. The van der Waals surface area contributed by atoms with Gasteiger partial charge in [-0.3, -0.25) is 28.8 Å². The van der Waals surface area contributed by atoms with Crippen molar-refractivity contribution in [3.05, 3.63) is 26.4 Å². The average molecular weight is 409 g/mol. The number of rotatable bonds is 10. The molecular formula is C19H31N5O5. The van der Waals surface area contributed by atoms with Crippen LogP contribution in [0, 0.1) is 5.92 Å². The van der Waals surface area contributed by atoms with Crippen molar-refractivity contribution in [3.8, 4) is 0 Å². The summed E-state index contributed by atoms with van der Waals surface area (Å²) in [7, 11) is 1.48. The van der Waals surface area contributed by atoms with Gasteiger partial charge in [0, 0.05) is 26.6 Å². The van der Waals surface area contributed by atoms with Crippen molar-refractivity contribution >= 4 is 17.5 Å². The highest BCUT2D eigenvalue weighted by Crippen LogP contribution is 2.17. The second kappa shape index (κ2) is 10.9. The number of Topliss-reactive ketones (excluding diaryl/α,β-unsaturated/α-hetero) is 1. The fourth-order valence-corrected chi connectivity index (χ4v) is 3.58. The Labute approximate surface area is 169 Å². The van der Waals surface area contributed by atoms with Gasteiger partial charge in [-0.1, -0.05) is 6.92 Å². The zero-order valence-electron chi connectivity index (χ0n) is 17.2. The predicted octanol–water partition coefficient (Wildman–Crippen LogP) is -0.424. The summed E-state index contributed by atoms with van der Waals surface area (Å²) in [5, 5.41) is 2.93. The summed E-state index contributed by atoms with van der Waals surface area (Å²) in [6.45, 7) is 4.32. The second-order valence-corrected chi connectivity index (χ2v) is 7.38. The molecule has 29 heavy (non-hydrogen) atoms. The first kappa shape index (κ1) is 22.8. The lowest BCUT2D eigenvalue weighted by molar-refractivity contribution is -0.121. The molecule has 2 rings (SSSR count). The zero-order chi connectivity index (χ0) is 21.4. The minimum atomic E-state index is -0.772. The van der Waals surface area contributed by atoms with Gasteiger partial charge in [-0.15, -0.1) is 0 Å². The standard InChI is InChI=1S/C19H31N5O5/c1-3-5-15(26)21-10-13-6-4-7-23(11-13)12-14(25)16-17(20)24(8-9-29-2)19(28)22-18(16)27/h13H,3-12,20H2,1-2H3,(H,21,26)(H,22,27,28). The molecule has 1 saturated heterocycles. The molecule has 162 valence electrons. The van der Waals surface area contributed by atoms with Gasteiger partial charge in [0.05, 0.1) is 19.7 Å². The van der Waals surface area contributed by atoms with Crippen LogP contribution in [-0.2, 0) is 16.1 Å². The lowest BCUT2D eigenvalue weighted by Gasteiger charge is -2.32. The SMILES string of the molecule is CCCC(=O)NCC1CCCN(CC(=O)c2c(N)n(CCOC)c(=O)[nH]c2=O)C1. The lowest BCUT2D eigenvalue weighted by atomic mass is 9.97. The molecule has 0 bridgehead atoms. The monoisotopic (exact) mass is 409 g/mol. The topological polar surface area (TPSA) is 140 Å². The number of amides is 1. The first-order valence-corrected chi connectivity index (χ1v) is 10.0. The normalized spacial score (nSPS) is 17.2. The summed E-state index contributed by atoms with van der Waals surface area (Å²) >= 11 is 0. The number of nitrogens with zero attached hydrogens (tertiary/aromatic N) is 2. The highest BCUT2D eigenvalue weighted by Gasteiger charge is 2.25. The van der Waals surface area contributed by atoms with Gasteiger partial charge in [-0.05, 0) is 31.7 Å². The number of methoxy groups -OCH3 is 1. The van der Waals surface area contributed by atoms with Crippen molar-refractivity contribution in [1.82, 2.24) is 19.8 Å². The van der Waals surface area contributed by atoms with Crippen LogP contribution in [0.15, 0.2) is 9.59 Å². The maximum atomic E-state index is 12.8. The van der Waals surface area contributed by atoms with Crippen LogP contribution >= 0.6 is 0 Å². The second-order valence-electron chi connectivity index (χ2n) is 7.38. The van der Waals surface area contributed by atoms with Crippen LogP contribution in [0.4, 0.5) is 5.82 Å². The Bertz CT molecular complexity index is 831. The van der Waals surface area contributed by atoms with E-state index in [1.807, 2.05) is 11.8 Å². The number of aromatic amines is 1. The van der Waals surface area contributed by atoms with E-state index >= 15 is 0 Å². The third kappa shape index (κ3) is 6.26. The first-order valence-electron chi connectivity index (χ1n) is 10.0. The molecule has 1 unspecified atom stereocenters. The number of hydrogen-bond acceptors (Lipinski definition) is 7. The highest BCUT2D eigenvalue weighted by molar-refractivity contribution is 6.01. The Hall–Kier alpha value is -2.46. The van der Waals surface area contributed by atoms with Crippen LogP contribution in [0.1, 0.15) is 43.0 Å². The van der Waals surface area contributed by atoms with Crippen LogP contribution in [-0.4, -0.2) is 66.0 Å². The van der Waals surface area contributed by atoms with Crippen molar-refractivity contribution in [1.29, 1.82) is 0 Å². The van der Waals surface area contributed by atoms with E-state index in [9.17, 15) is 19.2 Å².